The Balaban J connectivity index is 1.97. The highest BCUT2D eigenvalue weighted by atomic mass is 32.2. The van der Waals surface area contributed by atoms with Gasteiger partial charge < -0.3 is 14.2 Å². The monoisotopic (exact) mass is 581 g/mol. The summed E-state index contributed by atoms with van der Waals surface area (Å²) in [6.45, 7) is 4.70. The van der Waals surface area contributed by atoms with Gasteiger partial charge in [-0.3, -0.25) is 14.4 Å². The normalized spacial score (nSPS) is 16.0. The number of methoxy groups -OCH3 is 2. The molecule has 3 aromatic carbocycles. The molecule has 1 heterocycles. The molecule has 0 radical (unpaired) electrons. The SMILES string of the molecule is COC(=O)C(C)(C)C1Oc2ccc(F)cc2C(=O)/C1=C\N(C(=O)c1ccc(C)cc1)S(=O)(=O)c1ccc(OC)cc1. The molecule has 4 rings (SSSR count). The zero-order valence-corrected chi connectivity index (χ0v) is 23.8. The second-order valence-electron chi connectivity index (χ2n) is 9.91. The van der Waals surface area contributed by atoms with Gasteiger partial charge in [-0.15, -0.1) is 0 Å². The number of hydrogen-bond donors (Lipinski definition) is 0. The van der Waals surface area contributed by atoms with Crippen molar-refractivity contribution in [1.82, 2.24) is 4.31 Å². The Morgan fingerprint density at radius 1 is 1.00 bits per heavy atom. The van der Waals surface area contributed by atoms with Crippen molar-refractivity contribution in [3.63, 3.8) is 0 Å². The summed E-state index contributed by atoms with van der Waals surface area (Å²) in [6, 6.07) is 14.8. The lowest BCUT2D eigenvalue weighted by Gasteiger charge is -2.37. The van der Waals surface area contributed by atoms with Crippen molar-refractivity contribution in [2.45, 2.75) is 31.8 Å². The molecule has 9 nitrogen and oxygen atoms in total. The number of aryl methyl sites for hydroxylation is 1. The summed E-state index contributed by atoms with van der Waals surface area (Å²) in [7, 11) is -2.06. The van der Waals surface area contributed by atoms with Crippen molar-refractivity contribution in [2.24, 2.45) is 5.41 Å². The zero-order chi connectivity index (χ0) is 30.1. The highest BCUT2D eigenvalue weighted by Gasteiger charge is 2.48. The topological polar surface area (TPSA) is 116 Å². The van der Waals surface area contributed by atoms with Crippen molar-refractivity contribution < 1.29 is 41.4 Å². The number of ether oxygens (including phenoxy) is 3. The standard InChI is InChI=1S/C30H28FNO8S/c1-18-6-8-19(9-7-18)28(34)32(41(36,37)22-13-11-21(38-4)12-14-22)17-24-26(33)23-16-20(31)10-15-25(23)40-27(24)30(2,3)29(35)39-5/h6-17,27H,1-5H3/b24-17+. The van der Waals surface area contributed by atoms with Crippen molar-refractivity contribution >= 4 is 27.7 Å². The molecule has 0 spiro atoms. The van der Waals surface area contributed by atoms with E-state index in [-0.39, 0.29) is 27.3 Å². The minimum Gasteiger partial charge on any atom is -0.497 e. The number of fused-ring (bicyclic) bond motifs is 1. The van der Waals surface area contributed by atoms with Crippen LogP contribution in [0.1, 0.15) is 40.1 Å². The summed E-state index contributed by atoms with van der Waals surface area (Å²) in [6.07, 6.45) is -0.562. The summed E-state index contributed by atoms with van der Waals surface area (Å²) >= 11 is 0. The van der Waals surface area contributed by atoms with Gasteiger partial charge in [-0.25, -0.2) is 17.1 Å². The number of halogens is 1. The van der Waals surface area contributed by atoms with E-state index >= 15 is 0 Å². The third-order valence-corrected chi connectivity index (χ3v) is 8.37. The second kappa shape index (κ2) is 11.2. The fourth-order valence-corrected chi connectivity index (χ4v) is 5.61. The number of hydrogen-bond acceptors (Lipinski definition) is 8. The summed E-state index contributed by atoms with van der Waals surface area (Å²) in [5.41, 5.74) is -1.25. The molecule has 0 bridgehead atoms. The predicted octanol–water partition coefficient (Wildman–Crippen LogP) is 4.70. The van der Waals surface area contributed by atoms with E-state index in [0.29, 0.717) is 10.1 Å². The van der Waals surface area contributed by atoms with Crippen LogP contribution in [0, 0.1) is 18.2 Å². The van der Waals surface area contributed by atoms with Crippen LogP contribution in [0.3, 0.4) is 0 Å². The van der Waals surface area contributed by atoms with E-state index in [4.69, 9.17) is 14.2 Å². The number of carbonyl (C=O) groups excluding carboxylic acids is 3. The maximum atomic E-state index is 14.2. The van der Waals surface area contributed by atoms with Gasteiger partial charge in [0.2, 0.25) is 0 Å². The molecule has 11 heteroatoms. The number of carbonyl (C=O) groups is 3. The quantitative estimate of drug-likeness (QED) is 0.291. The largest absolute Gasteiger partial charge is 0.497 e. The third kappa shape index (κ3) is 5.58. The molecule has 0 saturated heterocycles. The third-order valence-electron chi connectivity index (χ3n) is 6.71. The molecule has 1 aliphatic heterocycles. The van der Waals surface area contributed by atoms with Gasteiger partial charge in [0.25, 0.3) is 15.9 Å². The van der Waals surface area contributed by atoms with Crippen LogP contribution < -0.4 is 9.47 Å². The van der Waals surface area contributed by atoms with Crippen LogP contribution >= 0.6 is 0 Å². The predicted molar refractivity (Wildman–Crippen MR) is 147 cm³/mol. The average molecular weight is 582 g/mol. The lowest BCUT2D eigenvalue weighted by Crippen LogP contribution is -2.47. The number of Topliss-reactive ketones (excluding diaryl/α,β-unsaturated/α-hetero) is 1. The van der Waals surface area contributed by atoms with Gasteiger partial charge >= 0.3 is 5.97 Å². The number of esters is 1. The van der Waals surface area contributed by atoms with E-state index in [9.17, 15) is 27.2 Å². The first kappa shape index (κ1) is 29.5. The number of amides is 1. The van der Waals surface area contributed by atoms with Crippen LogP contribution in [0.25, 0.3) is 0 Å². The highest BCUT2D eigenvalue weighted by molar-refractivity contribution is 7.89. The van der Waals surface area contributed by atoms with E-state index in [1.807, 2.05) is 0 Å². The van der Waals surface area contributed by atoms with Crippen molar-refractivity contribution in [3.8, 4) is 11.5 Å². The Morgan fingerprint density at radius 3 is 2.22 bits per heavy atom. The van der Waals surface area contributed by atoms with E-state index in [2.05, 4.69) is 0 Å². The minimum absolute atomic E-state index is 0.00930. The van der Waals surface area contributed by atoms with E-state index < -0.39 is 45.0 Å². The number of rotatable bonds is 7. The van der Waals surface area contributed by atoms with Gasteiger partial charge in [-0.1, -0.05) is 17.7 Å². The molecule has 0 saturated carbocycles. The van der Waals surface area contributed by atoms with Crippen LogP contribution in [0.4, 0.5) is 4.39 Å². The molecule has 0 fully saturated rings. The lowest BCUT2D eigenvalue weighted by molar-refractivity contribution is -0.155. The first-order valence-electron chi connectivity index (χ1n) is 12.4. The van der Waals surface area contributed by atoms with Crippen LogP contribution in [0.2, 0.25) is 0 Å². The summed E-state index contributed by atoms with van der Waals surface area (Å²) in [5, 5.41) is 0. The molecule has 1 atom stereocenters. The minimum atomic E-state index is -4.63. The van der Waals surface area contributed by atoms with Gasteiger partial charge in [-0.2, -0.15) is 0 Å². The van der Waals surface area contributed by atoms with Crippen LogP contribution in [0.15, 0.2) is 83.4 Å². The summed E-state index contributed by atoms with van der Waals surface area (Å²) in [5.74, 6) is -2.91. The van der Waals surface area contributed by atoms with Gasteiger partial charge in [0, 0.05) is 11.8 Å². The van der Waals surface area contributed by atoms with Crippen molar-refractivity contribution in [3.05, 3.63) is 101 Å². The molecular weight excluding hydrogens is 553 g/mol. The van der Waals surface area contributed by atoms with Crippen LogP contribution in [-0.2, 0) is 19.6 Å². The molecule has 0 aromatic heterocycles. The van der Waals surface area contributed by atoms with Gasteiger partial charge in [0.1, 0.15) is 28.8 Å². The molecule has 1 unspecified atom stereocenters. The molecule has 214 valence electrons. The number of nitrogens with zero attached hydrogens (tertiary/aromatic N) is 1. The van der Waals surface area contributed by atoms with E-state index in [0.717, 1.165) is 31.0 Å². The fourth-order valence-electron chi connectivity index (χ4n) is 4.33. The highest BCUT2D eigenvalue weighted by Crippen LogP contribution is 2.40. The molecular formula is C30H28FNO8S. The number of benzene rings is 3. The smallest absolute Gasteiger partial charge is 0.315 e. The maximum Gasteiger partial charge on any atom is 0.315 e. The lowest BCUT2D eigenvalue weighted by atomic mass is 9.78. The Morgan fingerprint density at radius 2 is 1.63 bits per heavy atom. The van der Waals surface area contributed by atoms with Gasteiger partial charge in [0.05, 0.1) is 30.3 Å². The first-order chi connectivity index (χ1) is 19.3. The summed E-state index contributed by atoms with van der Waals surface area (Å²) in [4.78, 5) is 40.1. The van der Waals surface area contributed by atoms with Gasteiger partial charge in [0.15, 0.2) is 5.78 Å². The van der Waals surface area contributed by atoms with Crippen LogP contribution in [-0.4, -0.2) is 50.7 Å². The average Bonchev–Trinajstić information content (AvgIpc) is 2.96. The molecule has 41 heavy (non-hydrogen) atoms. The molecule has 1 amide bonds. The molecule has 0 aliphatic carbocycles. The van der Waals surface area contributed by atoms with Crippen LogP contribution in [0.5, 0.6) is 11.5 Å². The summed E-state index contributed by atoms with van der Waals surface area (Å²) < 4.78 is 58.5. The van der Waals surface area contributed by atoms with Gasteiger partial charge in [-0.05, 0) is 75.4 Å². The fraction of sp³-hybridized carbons (Fsp3) is 0.233. The second-order valence-corrected chi connectivity index (χ2v) is 11.7. The van der Waals surface area contributed by atoms with E-state index in [1.165, 1.54) is 63.4 Å². The first-order valence-corrected chi connectivity index (χ1v) is 13.9. The molecule has 0 N–H and O–H groups in total. The number of ketones is 1. The van der Waals surface area contributed by atoms with Crippen molar-refractivity contribution in [2.75, 3.05) is 14.2 Å². The Kier molecular flexibility index (Phi) is 8.03. The Bertz CT molecular complexity index is 1640. The Hall–Kier alpha value is -4.51. The Labute approximate surface area is 237 Å². The number of sulfonamides is 1. The molecule has 1 aliphatic rings. The maximum absolute atomic E-state index is 14.2. The van der Waals surface area contributed by atoms with E-state index in [1.54, 1.807) is 19.1 Å². The molecule has 3 aromatic rings. The van der Waals surface area contributed by atoms with Crippen molar-refractivity contribution in [1.29, 1.82) is 0 Å². The zero-order valence-electron chi connectivity index (χ0n) is 23.0.